The van der Waals surface area contributed by atoms with Crippen LogP contribution in [-0.4, -0.2) is 39.0 Å². The van der Waals surface area contributed by atoms with Crippen LogP contribution in [0, 0.1) is 0 Å². The van der Waals surface area contributed by atoms with E-state index in [1.54, 1.807) is 13.2 Å². The van der Waals surface area contributed by atoms with Gasteiger partial charge in [-0.1, -0.05) is 0 Å². The minimum absolute atomic E-state index is 0.151. The number of methoxy groups -OCH3 is 1. The normalized spacial score (nSPS) is 13.5. The molecule has 0 aliphatic heterocycles. The average Bonchev–Trinajstić information content (AvgIpc) is 2.30. The predicted molar refractivity (Wildman–Crippen MR) is 65.6 cm³/mol. The molecule has 0 spiro atoms. The van der Waals surface area contributed by atoms with Crippen molar-refractivity contribution in [2.75, 3.05) is 20.3 Å². The van der Waals surface area contributed by atoms with Gasteiger partial charge in [0.1, 0.15) is 4.90 Å². The summed E-state index contributed by atoms with van der Waals surface area (Å²) >= 11 is 5.88. The summed E-state index contributed by atoms with van der Waals surface area (Å²) < 4.78 is 30.8. The lowest BCUT2D eigenvalue weighted by molar-refractivity contribution is 0.196. The van der Waals surface area contributed by atoms with Gasteiger partial charge < -0.3 is 4.74 Å². The number of rotatable bonds is 7. The smallest absolute Gasteiger partial charge is 0.242 e. The number of ether oxygens (including phenoxy) is 1. The van der Waals surface area contributed by atoms with E-state index in [2.05, 4.69) is 9.71 Å². The number of aromatic nitrogens is 1. The van der Waals surface area contributed by atoms with Gasteiger partial charge in [0, 0.05) is 26.0 Å². The fraction of sp³-hybridized carbons (Fsp3) is 0.500. The highest BCUT2D eigenvalue weighted by atomic mass is 35.5. The van der Waals surface area contributed by atoms with Crippen molar-refractivity contribution < 1.29 is 13.2 Å². The van der Waals surface area contributed by atoms with E-state index in [-0.39, 0.29) is 16.8 Å². The fourth-order valence-electron chi connectivity index (χ4n) is 1.20. The van der Waals surface area contributed by atoms with E-state index >= 15 is 0 Å². The molecule has 1 heterocycles. The number of hydrogen-bond donors (Lipinski definition) is 1. The van der Waals surface area contributed by atoms with Gasteiger partial charge in [0.15, 0.2) is 0 Å². The van der Waals surface area contributed by atoms with Gasteiger partial charge in [-0.2, -0.15) is 0 Å². The maximum Gasteiger partial charge on any atom is 0.242 e. The van der Waals surface area contributed by atoms with E-state index < -0.39 is 10.0 Å². The summed E-state index contributed by atoms with van der Waals surface area (Å²) in [7, 11) is -1.93. The zero-order chi connectivity index (χ0) is 12.7. The largest absolute Gasteiger partial charge is 0.383 e. The highest BCUT2D eigenvalue weighted by molar-refractivity contribution is 7.89. The first-order chi connectivity index (χ1) is 8.06. The summed E-state index contributed by atoms with van der Waals surface area (Å²) in [4.78, 5) is 3.91. The summed E-state index contributed by atoms with van der Waals surface area (Å²) in [5.74, 6) is 0. The molecule has 1 aromatic rings. The lowest BCUT2D eigenvalue weighted by Crippen LogP contribution is -2.27. The maximum absolute atomic E-state index is 11.7. The van der Waals surface area contributed by atoms with Crippen molar-refractivity contribution in [2.45, 2.75) is 16.7 Å². The van der Waals surface area contributed by atoms with Crippen LogP contribution in [0.4, 0.5) is 0 Å². The molecule has 1 aromatic heterocycles. The third kappa shape index (κ3) is 4.99. The molecule has 0 aliphatic carbocycles. The topological polar surface area (TPSA) is 68.3 Å². The summed E-state index contributed by atoms with van der Waals surface area (Å²) in [5, 5.41) is -0.198. The molecule has 0 aromatic carbocycles. The molecule has 1 rings (SSSR count). The summed E-state index contributed by atoms with van der Waals surface area (Å²) in [5.41, 5.74) is 0. The van der Waals surface area contributed by atoms with Crippen molar-refractivity contribution in [3.63, 3.8) is 0 Å². The number of nitrogens with one attached hydrogen (secondary N) is 1. The molecule has 0 radical (unpaired) electrons. The molecule has 5 nitrogen and oxygen atoms in total. The van der Waals surface area contributed by atoms with E-state index in [1.807, 2.05) is 0 Å². The molecular formula is C10H15ClN2O3S. The number of pyridine rings is 1. The van der Waals surface area contributed by atoms with Crippen LogP contribution >= 0.6 is 11.6 Å². The van der Waals surface area contributed by atoms with Gasteiger partial charge in [0.2, 0.25) is 10.0 Å². The van der Waals surface area contributed by atoms with E-state index in [4.69, 9.17) is 16.3 Å². The SMILES string of the molecule is COCC(Cl)CCNS(=O)(=O)c1cccnc1. The van der Waals surface area contributed by atoms with Crippen LogP contribution in [0.5, 0.6) is 0 Å². The Morgan fingerprint density at radius 2 is 2.35 bits per heavy atom. The number of nitrogens with zero attached hydrogens (tertiary/aromatic N) is 1. The van der Waals surface area contributed by atoms with Crippen LogP contribution in [0.25, 0.3) is 0 Å². The fourth-order valence-corrected chi connectivity index (χ4v) is 2.45. The number of sulfonamides is 1. The standard InChI is InChI=1S/C10H15ClN2O3S/c1-16-8-9(11)4-6-13-17(14,15)10-3-2-5-12-7-10/h2-3,5,7,9,13H,4,6,8H2,1H3. The summed E-state index contributed by atoms with van der Waals surface area (Å²) in [6, 6.07) is 3.06. The monoisotopic (exact) mass is 278 g/mol. The van der Waals surface area contributed by atoms with Gasteiger partial charge in [-0.25, -0.2) is 13.1 Å². The van der Waals surface area contributed by atoms with Crippen molar-refractivity contribution in [1.82, 2.24) is 9.71 Å². The van der Waals surface area contributed by atoms with Gasteiger partial charge in [0.05, 0.1) is 12.0 Å². The molecule has 1 atom stereocenters. The molecule has 0 fully saturated rings. The van der Waals surface area contributed by atoms with Gasteiger partial charge in [-0.15, -0.1) is 11.6 Å². The Bertz CT molecular complexity index is 424. The second kappa shape index (κ2) is 6.90. The Balaban J connectivity index is 2.46. The van der Waals surface area contributed by atoms with E-state index in [9.17, 15) is 8.42 Å². The van der Waals surface area contributed by atoms with Crippen LogP contribution in [0.1, 0.15) is 6.42 Å². The summed E-state index contributed by atoms with van der Waals surface area (Å²) in [6.45, 7) is 0.672. The Labute approximate surface area is 106 Å². The number of hydrogen-bond acceptors (Lipinski definition) is 4. The molecule has 0 amide bonds. The first kappa shape index (κ1) is 14.4. The molecule has 0 saturated carbocycles. The second-order valence-corrected chi connectivity index (χ2v) is 5.81. The van der Waals surface area contributed by atoms with E-state index in [0.29, 0.717) is 13.0 Å². The third-order valence-electron chi connectivity index (χ3n) is 2.04. The van der Waals surface area contributed by atoms with Crippen LogP contribution in [-0.2, 0) is 14.8 Å². The summed E-state index contributed by atoms with van der Waals surface area (Å²) in [6.07, 6.45) is 3.33. The van der Waals surface area contributed by atoms with Crippen LogP contribution in [0.3, 0.4) is 0 Å². The minimum atomic E-state index is -3.48. The van der Waals surface area contributed by atoms with Crippen molar-refractivity contribution >= 4 is 21.6 Å². The van der Waals surface area contributed by atoms with Crippen molar-refractivity contribution in [2.24, 2.45) is 0 Å². The average molecular weight is 279 g/mol. The highest BCUT2D eigenvalue weighted by Crippen LogP contribution is 2.06. The van der Waals surface area contributed by atoms with Crippen LogP contribution in [0.15, 0.2) is 29.4 Å². The van der Waals surface area contributed by atoms with Gasteiger partial charge in [-0.3, -0.25) is 4.98 Å². The molecular weight excluding hydrogens is 264 g/mol. The quantitative estimate of drug-likeness (QED) is 0.756. The zero-order valence-electron chi connectivity index (χ0n) is 9.47. The number of halogens is 1. The van der Waals surface area contributed by atoms with Gasteiger partial charge in [0.25, 0.3) is 0 Å². The van der Waals surface area contributed by atoms with Gasteiger partial charge >= 0.3 is 0 Å². The Morgan fingerprint density at radius 3 is 2.94 bits per heavy atom. The zero-order valence-corrected chi connectivity index (χ0v) is 11.0. The van der Waals surface area contributed by atoms with E-state index in [0.717, 1.165) is 0 Å². The molecule has 17 heavy (non-hydrogen) atoms. The third-order valence-corrected chi connectivity index (χ3v) is 3.83. The molecule has 0 aliphatic rings. The predicted octanol–water partition coefficient (Wildman–Crippen LogP) is 1.00. The molecule has 7 heteroatoms. The molecule has 1 N–H and O–H groups in total. The second-order valence-electron chi connectivity index (χ2n) is 3.43. The van der Waals surface area contributed by atoms with Crippen molar-refractivity contribution in [3.8, 4) is 0 Å². The Morgan fingerprint density at radius 1 is 1.59 bits per heavy atom. The van der Waals surface area contributed by atoms with Crippen molar-refractivity contribution in [1.29, 1.82) is 0 Å². The Hall–Kier alpha value is -0.690. The highest BCUT2D eigenvalue weighted by Gasteiger charge is 2.14. The van der Waals surface area contributed by atoms with Crippen LogP contribution < -0.4 is 4.72 Å². The Kier molecular flexibility index (Phi) is 5.84. The molecule has 0 bridgehead atoms. The maximum atomic E-state index is 11.7. The van der Waals surface area contributed by atoms with Gasteiger partial charge in [-0.05, 0) is 18.6 Å². The number of alkyl halides is 1. The van der Waals surface area contributed by atoms with Crippen LogP contribution in [0.2, 0.25) is 0 Å². The lowest BCUT2D eigenvalue weighted by Gasteiger charge is -2.09. The minimum Gasteiger partial charge on any atom is -0.383 e. The van der Waals surface area contributed by atoms with Crippen molar-refractivity contribution in [3.05, 3.63) is 24.5 Å². The first-order valence-corrected chi connectivity index (χ1v) is 7.01. The molecule has 0 saturated heterocycles. The first-order valence-electron chi connectivity index (χ1n) is 5.09. The molecule has 1 unspecified atom stereocenters. The molecule has 96 valence electrons. The van der Waals surface area contributed by atoms with E-state index in [1.165, 1.54) is 18.5 Å². The lowest BCUT2D eigenvalue weighted by atomic mass is 10.3.